The van der Waals surface area contributed by atoms with Gasteiger partial charge in [-0.1, -0.05) is 12.1 Å². The Morgan fingerprint density at radius 1 is 1.19 bits per heavy atom. The topological polar surface area (TPSA) is 93.3 Å². The Morgan fingerprint density at radius 2 is 1.96 bits per heavy atom. The molecule has 8 heteroatoms. The lowest BCUT2D eigenvalue weighted by molar-refractivity contribution is -0.384. The van der Waals surface area contributed by atoms with Crippen LogP contribution < -0.4 is 5.32 Å². The van der Waals surface area contributed by atoms with Crippen LogP contribution in [0.15, 0.2) is 36.5 Å². The molecule has 142 valence electrons. The van der Waals surface area contributed by atoms with Gasteiger partial charge in [0, 0.05) is 31.4 Å². The number of carbonyl (C=O) groups excluding carboxylic acids is 1. The minimum absolute atomic E-state index is 0.0375. The van der Waals surface area contributed by atoms with Gasteiger partial charge in [-0.15, -0.1) is 0 Å². The number of hydrogen-bond acceptors (Lipinski definition) is 5. The average Bonchev–Trinajstić information content (AvgIpc) is 3.40. The van der Waals surface area contributed by atoms with Crippen LogP contribution >= 0.6 is 0 Å². The first-order valence-corrected chi connectivity index (χ1v) is 9.45. The SMILES string of the molecule is O=C(c1ccn(-c2ccccc2[N+](=O)[O-])n1)N1CCC(C2CCCN2)CC1. The summed E-state index contributed by atoms with van der Waals surface area (Å²) in [6, 6.07) is 8.61. The minimum Gasteiger partial charge on any atom is -0.337 e. The standard InChI is InChI=1S/C19H23N5O3/c25-19(22-11-7-14(8-12-22)15-4-3-10-20-15)16-9-13-23(21-16)17-5-1-2-6-18(17)24(26)27/h1-2,5-6,9,13-15,20H,3-4,7-8,10-12H2. The maximum Gasteiger partial charge on any atom is 0.294 e. The quantitative estimate of drug-likeness (QED) is 0.660. The van der Waals surface area contributed by atoms with Crippen molar-refractivity contribution in [2.45, 2.75) is 31.7 Å². The van der Waals surface area contributed by atoms with E-state index in [2.05, 4.69) is 10.4 Å². The highest BCUT2D eigenvalue weighted by molar-refractivity contribution is 5.92. The third-order valence-corrected chi connectivity index (χ3v) is 5.63. The van der Waals surface area contributed by atoms with Gasteiger partial charge in [0.25, 0.3) is 11.6 Å². The van der Waals surface area contributed by atoms with E-state index in [1.807, 2.05) is 4.90 Å². The van der Waals surface area contributed by atoms with E-state index in [4.69, 9.17) is 0 Å². The Balaban J connectivity index is 1.44. The number of benzene rings is 1. The smallest absolute Gasteiger partial charge is 0.294 e. The van der Waals surface area contributed by atoms with E-state index in [1.165, 1.54) is 23.6 Å². The Morgan fingerprint density at radius 3 is 2.67 bits per heavy atom. The normalized spacial score (nSPS) is 20.7. The molecule has 0 saturated carbocycles. The van der Waals surface area contributed by atoms with Crippen molar-refractivity contribution in [3.05, 3.63) is 52.3 Å². The summed E-state index contributed by atoms with van der Waals surface area (Å²) >= 11 is 0. The van der Waals surface area contributed by atoms with Crippen molar-refractivity contribution in [2.75, 3.05) is 19.6 Å². The van der Waals surface area contributed by atoms with Crippen molar-refractivity contribution < 1.29 is 9.72 Å². The van der Waals surface area contributed by atoms with Gasteiger partial charge in [0.05, 0.1) is 4.92 Å². The van der Waals surface area contributed by atoms with Gasteiger partial charge in [-0.2, -0.15) is 5.10 Å². The molecule has 2 fully saturated rings. The molecular weight excluding hydrogens is 346 g/mol. The highest BCUT2D eigenvalue weighted by Gasteiger charge is 2.31. The fourth-order valence-corrected chi connectivity index (χ4v) is 4.17. The number of nitro groups is 1. The van der Waals surface area contributed by atoms with E-state index < -0.39 is 4.92 Å². The number of para-hydroxylation sites is 2. The number of amides is 1. The third-order valence-electron chi connectivity index (χ3n) is 5.63. The average molecular weight is 369 g/mol. The number of piperidine rings is 1. The van der Waals surface area contributed by atoms with Crippen molar-refractivity contribution in [2.24, 2.45) is 5.92 Å². The zero-order chi connectivity index (χ0) is 18.8. The Kier molecular flexibility index (Phi) is 4.89. The number of hydrogen-bond donors (Lipinski definition) is 1. The lowest BCUT2D eigenvalue weighted by Crippen LogP contribution is -2.43. The monoisotopic (exact) mass is 369 g/mol. The maximum atomic E-state index is 12.8. The molecule has 0 spiro atoms. The van der Waals surface area contributed by atoms with E-state index in [0.717, 1.165) is 32.5 Å². The van der Waals surface area contributed by atoms with Crippen LogP contribution in [0.1, 0.15) is 36.2 Å². The van der Waals surface area contributed by atoms with Crippen LogP contribution in [0.2, 0.25) is 0 Å². The van der Waals surface area contributed by atoms with E-state index in [-0.39, 0.29) is 11.6 Å². The van der Waals surface area contributed by atoms with Gasteiger partial charge >= 0.3 is 0 Å². The summed E-state index contributed by atoms with van der Waals surface area (Å²) in [6.07, 6.45) is 6.10. The van der Waals surface area contributed by atoms with Gasteiger partial charge < -0.3 is 10.2 Å². The molecule has 1 N–H and O–H groups in total. The van der Waals surface area contributed by atoms with E-state index in [9.17, 15) is 14.9 Å². The number of carbonyl (C=O) groups is 1. The van der Waals surface area contributed by atoms with Crippen LogP contribution in [0.3, 0.4) is 0 Å². The first kappa shape index (κ1) is 17.7. The van der Waals surface area contributed by atoms with Crippen LogP contribution in [-0.2, 0) is 0 Å². The largest absolute Gasteiger partial charge is 0.337 e. The Bertz CT molecular complexity index is 835. The summed E-state index contributed by atoms with van der Waals surface area (Å²) in [5, 5.41) is 19.1. The summed E-state index contributed by atoms with van der Waals surface area (Å²) < 4.78 is 1.40. The Hall–Kier alpha value is -2.74. The van der Waals surface area contributed by atoms with Gasteiger partial charge in [0.2, 0.25) is 0 Å². The Labute approximate surface area is 157 Å². The first-order chi connectivity index (χ1) is 13.1. The van der Waals surface area contributed by atoms with Crippen molar-refractivity contribution in [3.8, 4) is 5.69 Å². The summed E-state index contributed by atoms with van der Waals surface area (Å²) in [5.41, 5.74) is 0.641. The number of nitro benzene ring substituents is 1. The summed E-state index contributed by atoms with van der Waals surface area (Å²) in [4.78, 5) is 25.4. The maximum absolute atomic E-state index is 12.8. The number of nitrogens with zero attached hydrogens (tertiary/aromatic N) is 4. The fraction of sp³-hybridized carbons (Fsp3) is 0.474. The van der Waals surface area contributed by atoms with E-state index in [1.54, 1.807) is 30.5 Å². The molecule has 2 aromatic rings. The highest BCUT2D eigenvalue weighted by Crippen LogP contribution is 2.26. The van der Waals surface area contributed by atoms with Crippen LogP contribution in [0, 0.1) is 16.0 Å². The summed E-state index contributed by atoms with van der Waals surface area (Å²) in [6.45, 7) is 2.58. The van der Waals surface area contributed by atoms with Crippen LogP contribution in [-0.4, -0.2) is 51.2 Å². The number of nitrogens with one attached hydrogen (secondary N) is 1. The lowest BCUT2D eigenvalue weighted by atomic mass is 9.88. The van der Waals surface area contributed by atoms with Crippen molar-refractivity contribution >= 4 is 11.6 Å². The molecule has 1 atom stereocenters. The molecule has 8 nitrogen and oxygen atoms in total. The molecule has 2 aliphatic heterocycles. The van der Waals surface area contributed by atoms with Crippen molar-refractivity contribution in [1.82, 2.24) is 20.0 Å². The number of aromatic nitrogens is 2. The van der Waals surface area contributed by atoms with Gasteiger partial charge in [-0.05, 0) is 50.3 Å². The highest BCUT2D eigenvalue weighted by atomic mass is 16.6. The molecule has 0 radical (unpaired) electrons. The predicted octanol–water partition coefficient (Wildman–Crippen LogP) is 2.38. The third kappa shape index (κ3) is 3.57. The first-order valence-electron chi connectivity index (χ1n) is 9.45. The fourth-order valence-electron chi connectivity index (χ4n) is 4.17. The molecule has 2 saturated heterocycles. The molecule has 1 aromatic heterocycles. The molecular formula is C19H23N5O3. The minimum atomic E-state index is -0.444. The zero-order valence-corrected chi connectivity index (χ0v) is 15.1. The van der Waals surface area contributed by atoms with Crippen LogP contribution in [0.25, 0.3) is 5.69 Å². The number of likely N-dealkylation sites (tertiary alicyclic amines) is 1. The van der Waals surface area contributed by atoms with Crippen LogP contribution in [0.4, 0.5) is 5.69 Å². The molecule has 2 aliphatic rings. The second-order valence-electron chi connectivity index (χ2n) is 7.22. The zero-order valence-electron chi connectivity index (χ0n) is 15.1. The predicted molar refractivity (Wildman–Crippen MR) is 99.9 cm³/mol. The summed E-state index contributed by atoms with van der Waals surface area (Å²) in [5.74, 6) is 0.534. The molecule has 3 heterocycles. The molecule has 1 unspecified atom stereocenters. The van der Waals surface area contributed by atoms with Crippen molar-refractivity contribution in [1.29, 1.82) is 0 Å². The lowest BCUT2D eigenvalue weighted by Gasteiger charge is -2.34. The second-order valence-corrected chi connectivity index (χ2v) is 7.22. The van der Waals surface area contributed by atoms with Gasteiger partial charge in [0.1, 0.15) is 5.69 Å². The number of rotatable bonds is 4. The molecule has 0 bridgehead atoms. The van der Waals surface area contributed by atoms with E-state index in [0.29, 0.717) is 23.3 Å². The van der Waals surface area contributed by atoms with Crippen molar-refractivity contribution in [3.63, 3.8) is 0 Å². The molecule has 1 amide bonds. The van der Waals surface area contributed by atoms with Gasteiger partial charge in [0.15, 0.2) is 5.69 Å². The molecule has 4 rings (SSSR count). The molecule has 27 heavy (non-hydrogen) atoms. The van der Waals surface area contributed by atoms with Crippen LogP contribution in [0.5, 0.6) is 0 Å². The second kappa shape index (κ2) is 7.48. The molecule has 1 aromatic carbocycles. The summed E-state index contributed by atoms with van der Waals surface area (Å²) in [7, 11) is 0. The molecule has 0 aliphatic carbocycles. The van der Waals surface area contributed by atoms with E-state index >= 15 is 0 Å². The van der Waals surface area contributed by atoms with Gasteiger partial charge in [-0.3, -0.25) is 14.9 Å². The van der Waals surface area contributed by atoms with Gasteiger partial charge in [-0.25, -0.2) is 4.68 Å².